The Morgan fingerprint density at radius 3 is 2.20 bits per heavy atom. The van der Waals surface area contributed by atoms with Gasteiger partial charge in [0.05, 0.1) is 0 Å². The molecule has 0 aliphatic carbocycles. The van der Waals surface area contributed by atoms with E-state index in [4.69, 9.17) is 13.7 Å². The molecule has 2 aromatic carbocycles. The van der Waals surface area contributed by atoms with Crippen molar-refractivity contribution in [3.63, 3.8) is 0 Å². The molecule has 5 heteroatoms. The van der Waals surface area contributed by atoms with Crippen LogP contribution in [0.4, 0.5) is 0 Å². The van der Waals surface area contributed by atoms with Crippen molar-refractivity contribution >= 4 is 29.7 Å². The second-order valence-electron chi connectivity index (χ2n) is 4.13. The predicted molar refractivity (Wildman–Crippen MR) is 74.3 cm³/mol. The molecule has 2 aromatic rings. The molecule has 0 fully saturated rings. The maximum atomic E-state index is 11.7. The fraction of sp³-hybridized carbons (Fsp3) is 0.0667. The summed E-state index contributed by atoms with van der Waals surface area (Å²) in [5.41, 5.74) is 0. The van der Waals surface area contributed by atoms with Crippen LogP contribution < -0.4 is 13.4 Å². The van der Waals surface area contributed by atoms with Crippen LogP contribution in [0.3, 0.4) is 0 Å². The fourth-order valence-corrected chi connectivity index (χ4v) is 5.76. The van der Waals surface area contributed by atoms with Gasteiger partial charge in [0.2, 0.25) is 0 Å². The molecule has 0 saturated carbocycles. The van der Waals surface area contributed by atoms with Crippen molar-refractivity contribution in [2.24, 2.45) is 0 Å². The number of para-hydroxylation sites is 2. The first-order valence-electron chi connectivity index (χ1n) is 6.03. The molecule has 0 atom stereocenters. The quantitative estimate of drug-likeness (QED) is 0.782. The predicted octanol–water partition coefficient (Wildman–Crippen LogP) is 1.35. The number of ether oxygens (including phenoxy) is 1. The van der Waals surface area contributed by atoms with E-state index in [0.717, 1.165) is 20.2 Å². The molecule has 1 aliphatic heterocycles. The van der Waals surface area contributed by atoms with Crippen LogP contribution in [0.1, 0.15) is 6.42 Å². The van der Waals surface area contributed by atoms with Crippen molar-refractivity contribution in [3.05, 3.63) is 48.5 Å². The Morgan fingerprint density at radius 2 is 1.65 bits per heavy atom. The van der Waals surface area contributed by atoms with E-state index >= 15 is 0 Å². The molecular formula is C15H10AsNO3. The van der Waals surface area contributed by atoms with Crippen LogP contribution in [0, 0.1) is 11.3 Å². The number of carbonyl (C=O) groups excluding carboxylic acids is 1. The molecule has 4 nitrogen and oxygen atoms in total. The Balaban J connectivity index is 2.04. The van der Waals surface area contributed by atoms with Gasteiger partial charge in [0.25, 0.3) is 0 Å². The third kappa shape index (κ3) is 2.28. The zero-order valence-corrected chi connectivity index (χ0v) is 12.3. The van der Waals surface area contributed by atoms with Crippen LogP contribution in [-0.2, 0) is 8.52 Å². The standard InChI is InChI=1S/C15H10AsNO3/c17-10-9-15(18)20-16-11-5-1-3-7-13(11)19-14-8-4-2-6-12(14)16/h1-8H,9H2. The Labute approximate surface area is 121 Å². The molecule has 20 heavy (non-hydrogen) atoms. The Hall–Kier alpha value is -2.24. The van der Waals surface area contributed by atoms with Crippen molar-refractivity contribution in [1.29, 1.82) is 5.26 Å². The molecule has 0 aromatic heterocycles. The summed E-state index contributed by atoms with van der Waals surface area (Å²) < 4.78 is 13.3. The summed E-state index contributed by atoms with van der Waals surface area (Å²) in [6, 6.07) is 17.0. The van der Waals surface area contributed by atoms with E-state index in [0.29, 0.717) is 0 Å². The molecule has 98 valence electrons. The summed E-state index contributed by atoms with van der Waals surface area (Å²) in [6.07, 6.45) is -0.226. The second kappa shape index (κ2) is 5.40. The van der Waals surface area contributed by atoms with Gasteiger partial charge in [-0.2, -0.15) is 0 Å². The van der Waals surface area contributed by atoms with Gasteiger partial charge in [0.15, 0.2) is 0 Å². The SMILES string of the molecule is N#CCC(=O)O[As]1c2ccccc2Oc2ccccc21. The van der Waals surface area contributed by atoms with Gasteiger partial charge >= 0.3 is 121 Å². The van der Waals surface area contributed by atoms with Crippen LogP contribution in [-0.4, -0.2) is 21.0 Å². The van der Waals surface area contributed by atoms with Gasteiger partial charge in [-0.25, -0.2) is 0 Å². The molecule has 0 spiro atoms. The van der Waals surface area contributed by atoms with E-state index in [1.54, 1.807) is 0 Å². The van der Waals surface area contributed by atoms with E-state index in [1.807, 2.05) is 54.6 Å². The number of fused-ring (bicyclic) bond motifs is 2. The first-order chi connectivity index (χ1) is 9.79. The molecule has 0 unspecified atom stereocenters. The van der Waals surface area contributed by atoms with Crippen molar-refractivity contribution < 1.29 is 13.3 Å². The Bertz CT molecular complexity index is 663. The van der Waals surface area contributed by atoms with Crippen LogP contribution in [0.2, 0.25) is 0 Å². The molecule has 0 saturated heterocycles. The average molecular weight is 327 g/mol. The van der Waals surface area contributed by atoms with Gasteiger partial charge in [-0.1, -0.05) is 0 Å². The minimum atomic E-state index is -2.22. The zero-order valence-electron chi connectivity index (χ0n) is 10.4. The Morgan fingerprint density at radius 1 is 1.10 bits per heavy atom. The van der Waals surface area contributed by atoms with Crippen molar-refractivity contribution in [3.8, 4) is 17.6 Å². The van der Waals surface area contributed by atoms with Crippen LogP contribution >= 0.6 is 0 Å². The number of rotatable bonds is 2. The number of nitriles is 1. The topological polar surface area (TPSA) is 59.3 Å². The summed E-state index contributed by atoms with van der Waals surface area (Å²) in [4.78, 5) is 11.7. The zero-order chi connectivity index (χ0) is 13.9. The van der Waals surface area contributed by atoms with Gasteiger partial charge < -0.3 is 0 Å². The average Bonchev–Trinajstić information content (AvgIpc) is 2.47. The molecule has 1 heterocycles. The van der Waals surface area contributed by atoms with Crippen LogP contribution in [0.15, 0.2) is 48.5 Å². The summed E-state index contributed by atoms with van der Waals surface area (Å²) in [5, 5.41) is 8.60. The van der Waals surface area contributed by atoms with E-state index in [1.165, 1.54) is 0 Å². The number of nitrogens with zero attached hydrogens (tertiary/aromatic N) is 1. The molecule has 1 aliphatic rings. The van der Waals surface area contributed by atoms with Crippen molar-refractivity contribution in [1.82, 2.24) is 0 Å². The first-order valence-corrected chi connectivity index (χ1v) is 8.67. The van der Waals surface area contributed by atoms with Crippen molar-refractivity contribution in [2.45, 2.75) is 6.42 Å². The molecule has 0 N–H and O–H groups in total. The van der Waals surface area contributed by atoms with E-state index in [9.17, 15) is 4.79 Å². The number of carbonyl (C=O) groups is 1. The molecule has 0 bridgehead atoms. The molecule has 0 amide bonds. The molecule has 0 radical (unpaired) electrons. The summed E-state index contributed by atoms with van der Waals surface area (Å²) in [5.74, 6) is 0.992. The van der Waals surface area contributed by atoms with Gasteiger partial charge in [0, 0.05) is 0 Å². The summed E-state index contributed by atoms with van der Waals surface area (Å²) in [7, 11) is 0. The number of hydrogen-bond donors (Lipinski definition) is 0. The van der Waals surface area contributed by atoms with Gasteiger partial charge in [-0.15, -0.1) is 0 Å². The first kappa shape index (κ1) is 12.8. The summed E-state index contributed by atoms with van der Waals surface area (Å²) in [6.45, 7) is 0. The van der Waals surface area contributed by atoms with Crippen LogP contribution in [0.25, 0.3) is 0 Å². The third-order valence-corrected chi connectivity index (χ3v) is 7.00. The third-order valence-electron chi connectivity index (χ3n) is 2.80. The van der Waals surface area contributed by atoms with Crippen molar-refractivity contribution in [2.75, 3.05) is 0 Å². The molecule has 3 rings (SSSR count). The van der Waals surface area contributed by atoms with E-state index in [2.05, 4.69) is 0 Å². The minimum absolute atomic E-state index is 0.226. The fourth-order valence-electron chi connectivity index (χ4n) is 1.97. The van der Waals surface area contributed by atoms with E-state index in [-0.39, 0.29) is 6.42 Å². The van der Waals surface area contributed by atoms with Gasteiger partial charge in [-0.05, 0) is 0 Å². The Kier molecular flexibility index (Phi) is 3.45. The maximum absolute atomic E-state index is 11.7. The normalized spacial score (nSPS) is 12.6. The monoisotopic (exact) mass is 327 g/mol. The molecular weight excluding hydrogens is 317 g/mol. The second-order valence-corrected chi connectivity index (χ2v) is 7.77. The number of hydrogen-bond acceptors (Lipinski definition) is 4. The van der Waals surface area contributed by atoms with E-state index < -0.39 is 21.0 Å². The van der Waals surface area contributed by atoms with Crippen LogP contribution in [0.5, 0.6) is 11.5 Å². The van der Waals surface area contributed by atoms with Gasteiger partial charge in [-0.3, -0.25) is 0 Å². The number of benzene rings is 2. The van der Waals surface area contributed by atoms with Gasteiger partial charge in [0.1, 0.15) is 0 Å². The summed E-state index contributed by atoms with van der Waals surface area (Å²) >= 11 is -2.22.